The zero-order chi connectivity index (χ0) is 12.6. The molecule has 0 unspecified atom stereocenters. The number of H-pyrrole nitrogens is 1. The summed E-state index contributed by atoms with van der Waals surface area (Å²) in [6.07, 6.45) is 1.78. The molecule has 0 bridgehead atoms. The number of hydrogen-bond donors (Lipinski definition) is 3. The first-order chi connectivity index (χ1) is 8.73. The molecule has 2 aromatic heterocycles. The highest BCUT2D eigenvalue weighted by atomic mass is 16.5. The number of rotatable bonds is 2. The van der Waals surface area contributed by atoms with Crippen LogP contribution in [0, 0.1) is 0 Å². The third-order valence-electron chi connectivity index (χ3n) is 3.71. The molecule has 0 radical (unpaired) electrons. The van der Waals surface area contributed by atoms with Gasteiger partial charge in [0.1, 0.15) is 11.6 Å². The first kappa shape index (κ1) is 11.4. The van der Waals surface area contributed by atoms with Crippen molar-refractivity contribution in [2.24, 2.45) is 5.73 Å². The van der Waals surface area contributed by atoms with Crippen LogP contribution in [-0.2, 0) is 10.2 Å². The standard InChI is InChI=1S/C12H17N5O/c13-7-12(3-5-18-6-4-12)11-15-8-1-2-9(14)16-10(8)17-11/h1-2H,3-7,13H2,(H3,14,15,16,17). The summed E-state index contributed by atoms with van der Waals surface area (Å²) in [7, 11) is 0. The molecule has 96 valence electrons. The van der Waals surface area contributed by atoms with Crippen LogP contribution in [-0.4, -0.2) is 34.7 Å². The topological polar surface area (TPSA) is 103 Å². The number of ether oxygens (including phenoxy) is 1. The maximum absolute atomic E-state index is 5.96. The number of fused-ring (bicyclic) bond motifs is 1. The molecule has 6 nitrogen and oxygen atoms in total. The van der Waals surface area contributed by atoms with Gasteiger partial charge < -0.3 is 21.2 Å². The molecule has 3 heterocycles. The maximum atomic E-state index is 5.96. The molecule has 2 aromatic rings. The fourth-order valence-corrected chi connectivity index (χ4v) is 2.46. The summed E-state index contributed by atoms with van der Waals surface area (Å²) < 4.78 is 5.41. The highest BCUT2D eigenvalue weighted by molar-refractivity contribution is 5.72. The second-order valence-electron chi connectivity index (χ2n) is 4.79. The highest BCUT2D eigenvalue weighted by Crippen LogP contribution is 2.32. The quantitative estimate of drug-likeness (QED) is 0.719. The van der Waals surface area contributed by atoms with E-state index in [9.17, 15) is 0 Å². The van der Waals surface area contributed by atoms with Crippen molar-refractivity contribution in [3.05, 3.63) is 18.0 Å². The van der Waals surface area contributed by atoms with Gasteiger partial charge in [0.15, 0.2) is 5.65 Å². The van der Waals surface area contributed by atoms with Gasteiger partial charge in [-0.05, 0) is 25.0 Å². The van der Waals surface area contributed by atoms with Gasteiger partial charge in [-0.1, -0.05) is 0 Å². The number of aromatic amines is 1. The average Bonchev–Trinajstić information content (AvgIpc) is 2.83. The van der Waals surface area contributed by atoms with E-state index in [4.69, 9.17) is 16.2 Å². The zero-order valence-corrected chi connectivity index (χ0v) is 10.1. The second-order valence-corrected chi connectivity index (χ2v) is 4.79. The molecular weight excluding hydrogens is 230 g/mol. The van der Waals surface area contributed by atoms with Crippen LogP contribution in [0.25, 0.3) is 11.2 Å². The van der Waals surface area contributed by atoms with Gasteiger partial charge in [0, 0.05) is 25.2 Å². The number of anilines is 1. The van der Waals surface area contributed by atoms with Gasteiger partial charge in [0.05, 0.1) is 5.52 Å². The largest absolute Gasteiger partial charge is 0.384 e. The molecule has 0 aliphatic carbocycles. The van der Waals surface area contributed by atoms with Gasteiger partial charge in [-0.15, -0.1) is 0 Å². The number of imidazole rings is 1. The first-order valence-corrected chi connectivity index (χ1v) is 6.14. The van der Waals surface area contributed by atoms with Crippen LogP contribution in [0.3, 0.4) is 0 Å². The fourth-order valence-electron chi connectivity index (χ4n) is 2.46. The van der Waals surface area contributed by atoms with Gasteiger partial charge in [-0.25, -0.2) is 9.97 Å². The molecule has 1 aliphatic heterocycles. The molecule has 5 N–H and O–H groups in total. The van der Waals surface area contributed by atoms with Crippen LogP contribution >= 0.6 is 0 Å². The minimum Gasteiger partial charge on any atom is -0.384 e. The van der Waals surface area contributed by atoms with Crippen molar-refractivity contribution in [2.45, 2.75) is 18.3 Å². The summed E-state index contributed by atoms with van der Waals surface area (Å²) in [6.45, 7) is 2.01. The molecule has 0 amide bonds. The Morgan fingerprint density at radius 1 is 1.28 bits per heavy atom. The van der Waals surface area contributed by atoms with Crippen molar-refractivity contribution >= 4 is 17.0 Å². The molecule has 18 heavy (non-hydrogen) atoms. The van der Waals surface area contributed by atoms with Crippen LogP contribution in [0.15, 0.2) is 12.1 Å². The van der Waals surface area contributed by atoms with Crippen molar-refractivity contribution in [3.63, 3.8) is 0 Å². The molecule has 3 rings (SSSR count). The van der Waals surface area contributed by atoms with Crippen molar-refractivity contribution in [3.8, 4) is 0 Å². The summed E-state index contributed by atoms with van der Waals surface area (Å²) in [6, 6.07) is 3.67. The van der Waals surface area contributed by atoms with Crippen LogP contribution in [0.4, 0.5) is 5.82 Å². The Balaban J connectivity index is 2.06. The molecule has 0 spiro atoms. The van der Waals surface area contributed by atoms with Gasteiger partial charge in [-0.2, -0.15) is 0 Å². The van der Waals surface area contributed by atoms with E-state index in [0.29, 0.717) is 18.0 Å². The van der Waals surface area contributed by atoms with E-state index >= 15 is 0 Å². The van der Waals surface area contributed by atoms with E-state index in [-0.39, 0.29) is 5.41 Å². The Morgan fingerprint density at radius 2 is 2.06 bits per heavy atom. The number of pyridine rings is 1. The van der Waals surface area contributed by atoms with E-state index in [1.165, 1.54) is 0 Å². The maximum Gasteiger partial charge on any atom is 0.179 e. The van der Waals surface area contributed by atoms with Gasteiger partial charge in [-0.3, -0.25) is 0 Å². The lowest BCUT2D eigenvalue weighted by Gasteiger charge is -2.34. The molecule has 1 saturated heterocycles. The SMILES string of the molecule is NCC1(c2nc3nc(N)ccc3[nH]2)CCOCC1. The van der Waals surface area contributed by atoms with E-state index in [1.54, 1.807) is 6.07 Å². The van der Waals surface area contributed by atoms with E-state index in [2.05, 4.69) is 15.0 Å². The monoisotopic (exact) mass is 247 g/mol. The van der Waals surface area contributed by atoms with E-state index in [0.717, 1.165) is 37.4 Å². The second kappa shape index (κ2) is 4.22. The molecule has 0 atom stereocenters. The predicted octanol–water partition coefficient (Wildman–Crippen LogP) is 0.547. The number of aromatic nitrogens is 3. The third kappa shape index (κ3) is 1.74. The lowest BCUT2D eigenvalue weighted by molar-refractivity contribution is 0.0503. The van der Waals surface area contributed by atoms with Crippen LogP contribution in [0.2, 0.25) is 0 Å². The molecule has 1 fully saturated rings. The predicted molar refractivity (Wildman–Crippen MR) is 69.1 cm³/mol. The Kier molecular flexibility index (Phi) is 2.68. The third-order valence-corrected chi connectivity index (χ3v) is 3.71. The summed E-state index contributed by atoms with van der Waals surface area (Å²) in [5, 5.41) is 0. The van der Waals surface area contributed by atoms with E-state index < -0.39 is 0 Å². The molecule has 0 saturated carbocycles. The summed E-state index contributed by atoms with van der Waals surface area (Å²) in [5.41, 5.74) is 13.1. The zero-order valence-electron chi connectivity index (χ0n) is 10.1. The Labute approximate surface area is 105 Å². The summed E-state index contributed by atoms with van der Waals surface area (Å²) in [4.78, 5) is 12.1. The first-order valence-electron chi connectivity index (χ1n) is 6.14. The van der Waals surface area contributed by atoms with Crippen molar-refractivity contribution < 1.29 is 4.74 Å². The normalized spacial score (nSPS) is 19.2. The van der Waals surface area contributed by atoms with Crippen molar-refractivity contribution in [2.75, 3.05) is 25.5 Å². The number of nitrogen functional groups attached to an aromatic ring is 1. The minimum atomic E-state index is -0.117. The Morgan fingerprint density at radius 3 is 2.78 bits per heavy atom. The number of nitrogens with one attached hydrogen (secondary N) is 1. The number of nitrogens with two attached hydrogens (primary N) is 2. The van der Waals surface area contributed by atoms with Gasteiger partial charge in [0.25, 0.3) is 0 Å². The van der Waals surface area contributed by atoms with Gasteiger partial charge >= 0.3 is 0 Å². The highest BCUT2D eigenvalue weighted by Gasteiger charge is 2.36. The smallest absolute Gasteiger partial charge is 0.179 e. The summed E-state index contributed by atoms with van der Waals surface area (Å²) >= 11 is 0. The Bertz CT molecular complexity index is 559. The lowest BCUT2D eigenvalue weighted by Crippen LogP contribution is -2.41. The van der Waals surface area contributed by atoms with Crippen molar-refractivity contribution in [1.29, 1.82) is 0 Å². The molecule has 0 aromatic carbocycles. The molecule has 1 aliphatic rings. The lowest BCUT2D eigenvalue weighted by atomic mass is 9.79. The van der Waals surface area contributed by atoms with Crippen molar-refractivity contribution in [1.82, 2.24) is 15.0 Å². The number of hydrogen-bond acceptors (Lipinski definition) is 5. The number of nitrogens with zero attached hydrogens (tertiary/aromatic N) is 2. The van der Waals surface area contributed by atoms with E-state index in [1.807, 2.05) is 6.07 Å². The molecule has 6 heteroatoms. The fraction of sp³-hybridized carbons (Fsp3) is 0.500. The molecular formula is C12H17N5O. The van der Waals surface area contributed by atoms with Gasteiger partial charge in [0.2, 0.25) is 0 Å². The minimum absolute atomic E-state index is 0.117. The van der Waals surface area contributed by atoms with Crippen LogP contribution in [0.5, 0.6) is 0 Å². The van der Waals surface area contributed by atoms with Crippen LogP contribution in [0.1, 0.15) is 18.7 Å². The Hall–Kier alpha value is -1.66. The van der Waals surface area contributed by atoms with Crippen LogP contribution < -0.4 is 11.5 Å². The summed E-state index contributed by atoms with van der Waals surface area (Å²) in [5.74, 6) is 1.38. The average molecular weight is 247 g/mol.